The average molecular weight is 341 g/mol. The topological polar surface area (TPSA) is 70.0 Å². The minimum atomic E-state index is -1.14. The van der Waals surface area contributed by atoms with Crippen LogP contribution in [-0.2, 0) is 16.1 Å². The number of amides is 1. The zero-order valence-electron chi connectivity index (χ0n) is 14.2. The second kappa shape index (κ2) is 7.78. The zero-order chi connectivity index (χ0) is 17.8. The first-order valence-corrected chi connectivity index (χ1v) is 8.45. The maximum atomic E-state index is 12.2. The zero-order valence-corrected chi connectivity index (χ0v) is 14.2. The SMILES string of the molecule is C[C@H](c1ccccc1)N1C(=O)[C@@H](O)[C@H]1[C@H](CO)OCc1ccccc1. The number of likely N-dealkylation sites (tertiary alicyclic amines) is 1. The third-order valence-electron chi connectivity index (χ3n) is 4.72. The number of aliphatic hydroxyl groups is 2. The number of carbonyl (C=O) groups excluding carboxylic acids is 1. The Kier molecular flexibility index (Phi) is 5.48. The number of hydrogen-bond acceptors (Lipinski definition) is 4. The van der Waals surface area contributed by atoms with E-state index in [0.717, 1.165) is 11.1 Å². The number of benzene rings is 2. The quantitative estimate of drug-likeness (QED) is 0.755. The summed E-state index contributed by atoms with van der Waals surface area (Å²) in [5, 5.41) is 19.9. The molecule has 0 saturated carbocycles. The average Bonchev–Trinajstić information content (AvgIpc) is 2.68. The van der Waals surface area contributed by atoms with Gasteiger partial charge in [-0.15, -0.1) is 0 Å². The van der Waals surface area contributed by atoms with Gasteiger partial charge in [-0.1, -0.05) is 60.7 Å². The predicted molar refractivity (Wildman–Crippen MR) is 93.6 cm³/mol. The van der Waals surface area contributed by atoms with Crippen LogP contribution in [0.5, 0.6) is 0 Å². The van der Waals surface area contributed by atoms with Crippen molar-refractivity contribution in [3.8, 4) is 0 Å². The monoisotopic (exact) mass is 341 g/mol. The highest BCUT2D eigenvalue weighted by atomic mass is 16.5. The van der Waals surface area contributed by atoms with Gasteiger partial charge in [0.25, 0.3) is 5.91 Å². The van der Waals surface area contributed by atoms with E-state index in [-0.39, 0.29) is 18.6 Å². The normalized spacial score (nSPS) is 22.4. The van der Waals surface area contributed by atoms with Gasteiger partial charge in [0.1, 0.15) is 6.10 Å². The van der Waals surface area contributed by atoms with E-state index in [4.69, 9.17) is 4.74 Å². The van der Waals surface area contributed by atoms with Crippen LogP contribution in [0.1, 0.15) is 24.1 Å². The molecule has 5 heteroatoms. The van der Waals surface area contributed by atoms with Crippen LogP contribution in [0.2, 0.25) is 0 Å². The van der Waals surface area contributed by atoms with Gasteiger partial charge in [-0.3, -0.25) is 4.79 Å². The van der Waals surface area contributed by atoms with Crippen LogP contribution in [0.3, 0.4) is 0 Å². The molecule has 0 bridgehead atoms. The van der Waals surface area contributed by atoms with E-state index in [1.807, 2.05) is 67.6 Å². The summed E-state index contributed by atoms with van der Waals surface area (Å²) in [7, 11) is 0. The number of carbonyl (C=O) groups is 1. The molecule has 2 N–H and O–H groups in total. The molecule has 0 radical (unpaired) electrons. The van der Waals surface area contributed by atoms with Crippen molar-refractivity contribution in [1.29, 1.82) is 0 Å². The molecule has 2 aromatic rings. The summed E-state index contributed by atoms with van der Waals surface area (Å²) in [6, 6.07) is 18.5. The van der Waals surface area contributed by atoms with Gasteiger partial charge in [-0.05, 0) is 18.1 Å². The third-order valence-corrected chi connectivity index (χ3v) is 4.72. The van der Waals surface area contributed by atoms with Crippen molar-refractivity contribution in [2.75, 3.05) is 6.61 Å². The maximum Gasteiger partial charge on any atom is 0.254 e. The lowest BCUT2D eigenvalue weighted by atomic mass is 9.89. The molecule has 1 fully saturated rings. The highest BCUT2D eigenvalue weighted by Crippen LogP contribution is 2.34. The van der Waals surface area contributed by atoms with Crippen LogP contribution < -0.4 is 0 Å². The first-order chi connectivity index (χ1) is 12.1. The molecule has 1 aliphatic heterocycles. The van der Waals surface area contributed by atoms with Crippen molar-refractivity contribution in [2.45, 2.75) is 37.8 Å². The van der Waals surface area contributed by atoms with Gasteiger partial charge >= 0.3 is 0 Å². The summed E-state index contributed by atoms with van der Waals surface area (Å²) in [5.74, 6) is -0.330. The summed E-state index contributed by atoms with van der Waals surface area (Å²) < 4.78 is 5.81. The molecule has 0 aliphatic carbocycles. The Balaban J connectivity index is 1.72. The summed E-state index contributed by atoms with van der Waals surface area (Å²) in [6.45, 7) is 1.97. The van der Waals surface area contributed by atoms with E-state index in [1.165, 1.54) is 0 Å². The molecule has 0 unspecified atom stereocenters. The molecule has 4 atom stereocenters. The Morgan fingerprint density at radius 2 is 1.68 bits per heavy atom. The van der Waals surface area contributed by atoms with E-state index in [9.17, 15) is 15.0 Å². The standard InChI is InChI=1S/C20H23NO4/c1-14(16-10-6-3-7-11-16)21-18(19(23)20(21)24)17(12-22)25-13-15-8-4-2-5-9-15/h2-11,14,17-19,22-23H,12-13H2,1H3/t14-,17+,18-,19+/m1/s1. The smallest absolute Gasteiger partial charge is 0.254 e. The molecule has 2 aromatic carbocycles. The highest BCUT2D eigenvalue weighted by Gasteiger charge is 2.52. The van der Waals surface area contributed by atoms with Crippen LogP contribution >= 0.6 is 0 Å². The fourth-order valence-electron chi connectivity index (χ4n) is 3.28. The number of rotatable bonds is 7. The second-order valence-electron chi connectivity index (χ2n) is 6.29. The van der Waals surface area contributed by atoms with E-state index in [1.54, 1.807) is 4.90 Å². The predicted octanol–water partition coefficient (Wildman–Crippen LogP) is 1.90. The molecule has 25 heavy (non-hydrogen) atoms. The molecule has 1 saturated heterocycles. The number of nitrogens with zero attached hydrogens (tertiary/aromatic N) is 1. The maximum absolute atomic E-state index is 12.2. The van der Waals surface area contributed by atoms with Crippen molar-refractivity contribution < 1.29 is 19.7 Å². The molecule has 0 aromatic heterocycles. The molecule has 5 nitrogen and oxygen atoms in total. The van der Waals surface area contributed by atoms with Crippen molar-refractivity contribution in [3.63, 3.8) is 0 Å². The Hall–Kier alpha value is -2.21. The largest absolute Gasteiger partial charge is 0.394 e. The van der Waals surface area contributed by atoms with Gasteiger partial charge in [-0.25, -0.2) is 0 Å². The molecule has 1 amide bonds. The molecule has 132 valence electrons. The van der Waals surface area contributed by atoms with E-state index < -0.39 is 18.2 Å². The van der Waals surface area contributed by atoms with Gasteiger partial charge in [-0.2, -0.15) is 0 Å². The number of ether oxygens (including phenoxy) is 1. The van der Waals surface area contributed by atoms with Crippen LogP contribution in [-0.4, -0.2) is 45.9 Å². The molecule has 1 heterocycles. The fourth-order valence-corrected chi connectivity index (χ4v) is 3.28. The molecule has 3 rings (SSSR count). The highest BCUT2D eigenvalue weighted by molar-refractivity contribution is 5.88. The Bertz CT molecular complexity index is 691. The van der Waals surface area contributed by atoms with Gasteiger partial charge in [0.15, 0.2) is 6.10 Å². The summed E-state index contributed by atoms with van der Waals surface area (Å²) >= 11 is 0. The lowest BCUT2D eigenvalue weighted by Crippen LogP contribution is -2.70. The van der Waals surface area contributed by atoms with Crippen molar-refractivity contribution in [3.05, 3.63) is 71.8 Å². The fraction of sp³-hybridized carbons (Fsp3) is 0.350. The second-order valence-corrected chi connectivity index (χ2v) is 6.29. The molecular formula is C20H23NO4. The molecule has 1 aliphatic rings. The number of β-lactam (4-membered cyclic amide) rings is 1. The molecular weight excluding hydrogens is 318 g/mol. The minimum absolute atomic E-state index is 0.198. The van der Waals surface area contributed by atoms with E-state index >= 15 is 0 Å². The Morgan fingerprint density at radius 1 is 1.08 bits per heavy atom. The van der Waals surface area contributed by atoms with Gasteiger partial charge in [0, 0.05) is 0 Å². The van der Waals surface area contributed by atoms with Crippen LogP contribution in [0, 0.1) is 0 Å². The van der Waals surface area contributed by atoms with Gasteiger partial charge < -0.3 is 19.8 Å². The number of aliphatic hydroxyl groups excluding tert-OH is 2. The van der Waals surface area contributed by atoms with Gasteiger partial charge in [0.2, 0.25) is 0 Å². The first-order valence-electron chi connectivity index (χ1n) is 8.45. The van der Waals surface area contributed by atoms with Crippen molar-refractivity contribution >= 4 is 5.91 Å². The lowest BCUT2D eigenvalue weighted by molar-refractivity contribution is -0.190. The summed E-state index contributed by atoms with van der Waals surface area (Å²) in [4.78, 5) is 13.8. The van der Waals surface area contributed by atoms with E-state index in [0.29, 0.717) is 6.61 Å². The van der Waals surface area contributed by atoms with Crippen LogP contribution in [0.4, 0.5) is 0 Å². The van der Waals surface area contributed by atoms with E-state index in [2.05, 4.69) is 0 Å². The first kappa shape index (κ1) is 17.6. The Morgan fingerprint density at radius 3 is 2.28 bits per heavy atom. The van der Waals surface area contributed by atoms with Crippen molar-refractivity contribution in [2.24, 2.45) is 0 Å². The minimum Gasteiger partial charge on any atom is -0.394 e. The van der Waals surface area contributed by atoms with Gasteiger partial charge in [0.05, 0.1) is 25.3 Å². The summed E-state index contributed by atoms with van der Waals surface area (Å²) in [6.07, 6.45) is -1.78. The van der Waals surface area contributed by atoms with Crippen LogP contribution in [0.25, 0.3) is 0 Å². The Labute approximate surface area is 147 Å². The number of hydrogen-bond donors (Lipinski definition) is 2. The van der Waals surface area contributed by atoms with Crippen molar-refractivity contribution in [1.82, 2.24) is 4.90 Å². The lowest BCUT2D eigenvalue weighted by Gasteiger charge is -2.50. The summed E-state index contributed by atoms with van der Waals surface area (Å²) in [5.41, 5.74) is 1.95. The van der Waals surface area contributed by atoms with Crippen LogP contribution in [0.15, 0.2) is 60.7 Å². The third kappa shape index (κ3) is 3.58. The molecule has 0 spiro atoms.